The lowest BCUT2D eigenvalue weighted by atomic mass is 9.82. The van der Waals surface area contributed by atoms with E-state index in [1.807, 2.05) is 83.1 Å². The molecular formula is C40H71N5O8. The van der Waals surface area contributed by atoms with Crippen molar-refractivity contribution in [2.75, 3.05) is 0 Å². The van der Waals surface area contributed by atoms with E-state index in [1.165, 1.54) is 35.2 Å². The van der Waals surface area contributed by atoms with Crippen LogP contribution in [-0.2, 0) is 34.3 Å². The van der Waals surface area contributed by atoms with Gasteiger partial charge in [0.1, 0.15) is 0 Å². The Hall–Kier alpha value is -4.68. The number of amides is 3. The Labute approximate surface area is 318 Å². The molecule has 0 aromatic carbocycles. The summed E-state index contributed by atoms with van der Waals surface area (Å²) in [5, 5.41) is 5.24. The van der Waals surface area contributed by atoms with Gasteiger partial charge in [0.05, 0.1) is 19.3 Å². The number of hydrogen-bond donors (Lipinski definition) is 3. The normalized spacial score (nSPS) is 15.4. The first-order chi connectivity index (χ1) is 21.6. The Morgan fingerprint density at radius 1 is 0.623 bits per heavy atom. The smallest absolute Gasteiger partial charge is 0.328 e. The highest BCUT2D eigenvalue weighted by Gasteiger charge is 2.29. The SMILES string of the molecule is C.C.C.C.C.CC(C)(C)C1=CC(=O)CC(=O)N1.CC(C)(C)C1=CNC(=O)CC1=O.CC(C)(C)N1C=CC(=O)CC1=O.CC(C)(C)n1c(=O)cc[nH]c1=O. The largest absolute Gasteiger partial charge is 0.332 e. The van der Waals surface area contributed by atoms with Crippen LogP contribution in [0, 0.1) is 10.8 Å². The number of Topliss-reactive ketones (excluding diaryl/α,β-unsaturated/α-hetero) is 1. The van der Waals surface area contributed by atoms with E-state index in [4.69, 9.17) is 0 Å². The molecule has 13 heteroatoms. The number of carbonyl (C=O) groups excluding carboxylic acids is 6. The van der Waals surface area contributed by atoms with Crippen LogP contribution in [0.15, 0.2) is 57.7 Å². The number of hydrogen-bond acceptors (Lipinski definition) is 8. The number of allylic oxidation sites excluding steroid dienone is 4. The number of nitrogens with zero attached hydrogens (tertiary/aromatic N) is 2. The highest BCUT2D eigenvalue weighted by Crippen LogP contribution is 2.27. The van der Waals surface area contributed by atoms with Gasteiger partial charge in [-0.2, -0.15) is 0 Å². The number of H-pyrrole nitrogens is 1. The minimum Gasteiger partial charge on any atom is -0.332 e. The van der Waals surface area contributed by atoms with Crippen molar-refractivity contribution >= 4 is 35.1 Å². The maximum absolute atomic E-state index is 11.3. The third-order valence-electron chi connectivity index (χ3n) is 6.78. The fraction of sp³-hybridized carbons (Fsp3) is 0.600. The van der Waals surface area contributed by atoms with E-state index in [0.29, 0.717) is 11.3 Å². The number of rotatable bonds is 0. The molecule has 1 aromatic rings. The molecule has 3 aliphatic rings. The summed E-state index contributed by atoms with van der Waals surface area (Å²) in [6.07, 6.45) is 7.39. The van der Waals surface area contributed by atoms with Gasteiger partial charge in [-0.25, -0.2) is 4.79 Å². The molecule has 3 aliphatic heterocycles. The molecule has 1 aromatic heterocycles. The minimum absolute atomic E-state index is 0. The van der Waals surface area contributed by atoms with E-state index in [0.717, 1.165) is 0 Å². The summed E-state index contributed by atoms with van der Waals surface area (Å²) < 4.78 is 1.19. The van der Waals surface area contributed by atoms with Crippen LogP contribution in [-0.4, -0.2) is 55.1 Å². The minimum atomic E-state index is -0.466. The predicted octanol–water partition coefficient (Wildman–Crippen LogP) is 6.58. The third kappa shape index (κ3) is 19.1. The summed E-state index contributed by atoms with van der Waals surface area (Å²) in [6, 6.07) is 1.34. The molecule has 0 saturated heterocycles. The molecular weight excluding hydrogens is 678 g/mol. The van der Waals surface area contributed by atoms with Crippen LogP contribution >= 0.6 is 0 Å². The molecule has 53 heavy (non-hydrogen) atoms. The summed E-state index contributed by atoms with van der Waals surface area (Å²) in [4.78, 5) is 92.6. The zero-order valence-electron chi connectivity index (χ0n) is 30.2. The predicted molar refractivity (Wildman–Crippen MR) is 216 cm³/mol. The fourth-order valence-corrected chi connectivity index (χ4v) is 4.36. The van der Waals surface area contributed by atoms with Crippen LogP contribution in [0.5, 0.6) is 0 Å². The van der Waals surface area contributed by atoms with E-state index in [2.05, 4.69) is 15.6 Å². The average molecular weight is 750 g/mol. The Morgan fingerprint density at radius 2 is 1.15 bits per heavy atom. The van der Waals surface area contributed by atoms with E-state index in [9.17, 15) is 38.4 Å². The number of aromatic amines is 1. The van der Waals surface area contributed by atoms with Crippen molar-refractivity contribution in [2.24, 2.45) is 10.8 Å². The zero-order chi connectivity index (χ0) is 37.4. The molecule has 13 nitrogen and oxygen atoms in total. The first-order valence-corrected chi connectivity index (χ1v) is 15.6. The van der Waals surface area contributed by atoms with Gasteiger partial charge in [0.2, 0.25) is 17.7 Å². The van der Waals surface area contributed by atoms with Crippen LogP contribution < -0.4 is 21.9 Å². The molecule has 4 rings (SSSR count). The van der Waals surface area contributed by atoms with Gasteiger partial charge >= 0.3 is 5.69 Å². The second-order valence-corrected chi connectivity index (χ2v) is 15.5. The van der Waals surface area contributed by atoms with Crippen molar-refractivity contribution in [3.8, 4) is 0 Å². The van der Waals surface area contributed by atoms with Crippen LogP contribution in [0.4, 0.5) is 0 Å². The van der Waals surface area contributed by atoms with Crippen LogP contribution in [0.25, 0.3) is 0 Å². The molecule has 304 valence electrons. The number of carbonyl (C=O) groups is 6. The molecule has 0 spiro atoms. The maximum atomic E-state index is 11.3. The lowest BCUT2D eigenvalue weighted by molar-refractivity contribution is -0.136. The lowest BCUT2D eigenvalue weighted by Gasteiger charge is -2.34. The van der Waals surface area contributed by atoms with Crippen molar-refractivity contribution in [1.82, 2.24) is 25.1 Å². The summed E-state index contributed by atoms with van der Waals surface area (Å²) in [7, 11) is 0. The third-order valence-corrected chi connectivity index (χ3v) is 6.78. The van der Waals surface area contributed by atoms with Gasteiger partial charge in [0.25, 0.3) is 5.56 Å². The molecule has 4 heterocycles. The van der Waals surface area contributed by atoms with Gasteiger partial charge in [-0.3, -0.25) is 38.1 Å². The Kier molecular flexibility index (Phi) is 24.4. The second-order valence-electron chi connectivity index (χ2n) is 15.5. The topological polar surface area (TPSA) is 185 Å². The van der Waals surface area contributed by atoms with Crippen LogP contribution in [0.3, 0.4) is 0 Å². The van der Waals surface area contributed by atoms with Gasteiger partial charge in [0, 0.05) is 58.5 Å². The van der Waals surface area contributed by atoms with Crippen molar-refractivity contribution in [1.29, 1.82) is 0 Å². The first-order valence-electron chi connectivity index (χ1n) is 15.6. The van der Waals surface area contributed by atoms with Gasteiger partial charge in [-0.1, -0.05) is 78.7 Å². The number of ketones is 3. The van der Waals surface area contributed by atoms with Crippen LogP contribution in [0.1, 0.15) is 139 Å². The van der Waals surface area contributed by atoms with Crippen molar-refractivity contribution in [3.63, 3.8) is 0 Å². The molecule has 0 fully saturated rings. The van der Waals surface area contributed by atoms with Crippen molar-refractivity contribution < 1.29 is 28.8 Å². The molecule has 0 radical (unpaired) electrons. The quantitative estimate of drug-likeness (QED) is 0.248. The Morgan fingerprint density at radius 3 is 1.51 bits per heavy atom. The molecule has 3 N–H and O–H groups in total. The standard InChI is InChI=1S/3C9H13NO2.C8H12N2O2.5CH4/c1-9(2,3)6-5-10-8(12)4-7(6)11;1-9(2,3)7-4-6(11)5-8(12)10-7;1-9(2,3)10-5-4-7(11)6-8(10)12;1-8(2,3)10-6(11)4-5-9-7(10)12;;;;;/h5H,4H2,1-3H3,(H,10,12);4H,5H2,1-3H3,(H,10,12);4-5H,6H2,1-3H3;4-5H,1-3H3,(H,9,12);5*1H4. The van der Waals surface area contributed by atoms with Crippen LogP contribution in [0.2, 0.25) is 0 Å². The summed E-state index contributed by atoms with van der Waals surface area (Å²) in [5.41, 5.74) is -0.261. The van der Waals surface area contributed by atoms with E-state index < -0.39 is 5.54 Å². The average Bonchev–Trinajstić information content (AvgIpc) is 2.86. The maximum Gasteiger partial charge on any atom is 0.328 e. The molecule has 3 amide bonds. The first kappa shape index (κ1) is 57.7. The number of aromatic nitrogens is 2. The zero-order valence-corrected chi connectivity index (χ0v) is 30.2. The molecule has 0 unspecified atom stereocenters. The highest BCUT2D eigenvalue weighted by molar-refractivity contribution is 6.10. The molecule has 0 aliphatic carbocycles. The summed E-state index contributed by atoms with van der Waals surface area (Å²) in [6.45, 7) is 23.0. The van der Waals surface area contributed by atoms with E-state index >= 15 is 0 Å². The highest BCUT2D eigenvalue weighted by atomic mass is 16.2. The van der Waals surface area contributed by atoms with Gasteiger partial charge in [0.15, 0.2) is 17.3 Å². The van der Waals surface area contributed by atoms with Gasteiger partial charge in [-0.15, -0.1) is 0 Å². The van der Waals surface area contributed by atoms with Crippen molar-refractivity contribution in [2.45, 2.75) is 151 Å². The fourth-order valence-electron chi connectivity index (χ4n) is 4.36. The van der Waals surface area contributed by atoms with Crippen molar-refractivity contribution in [3.05, 3.63) is 68.9 Å². The molecule has 0 saturated carbocycles. The summed E-state index contributed by atoms with van der Waals surface area (Å²) >= 11 is 0. The monoisotopic (exact) mass is 750 g/mol. The van der Waals surface area contributed by atoms with Gasteiger partial charge < -0.3 is 20.5 Å². The Bertz CT molecular complexity index is 1600. The number of nitrogens with one attached hydrogen (secondary N) is 3. The van der Waals surface area contributed by atoms with E-state index in [-0.39, 0.29) is 119 Å². The van der Waals surface area contributed by atoms with Gasteiger partial charge in [-0.05, 0) is 53.0 Å². The molecule has 0 bridgehead atoms. The lowest BCUT2D eigenvalue weighted by Crippen LogP contribution is -2.44. The second kappa shape index (κ2) is 22.4. The summed E-state index contributed by atoms with van der Waals surface area (Å²) in [5.74, 6) is -0.814. The molecule has 0 atom stereocenters. The van der Waals surface area contributed by atoms with E-state index in [1.54, 1.807) is 11.1 Å². The Balaban J connectivity index is -0.000000187.